The summed E-state index contributed by atoms with van der Waals surface area (Å²) in [4.78, 5) is 26.4. The third kappa shape index (κ3) is 3.68. The van der Waals surface area contributed by atoms with Crippen LogP contribution in [0.3, 0.4) is 0 Å². The van der Waals surface area contributed by atoms with Crippen LogP contribution in [0.4, 0.5) is 5.69 Å². The third-order valence-electron chi connectivity index (χ3n) is 4.41. The summed E-state index contributed by atoms with van der Waals surface area (Å²) in [6, 6.07) is 9.86. The molecule has 2 heterocycles. The Kier molecular flexibility index (Phi) is 4.85. The highest BCUT2D eigenvalue weighted by Crippen LogP contribution is 2.36. The fourth-order valence-corrected chi connectivity index (χ4v) is 3.34. The van der Waals surface area contributed by atoms with Gasteiger partial charge in [0, 0.05) is 30.8 Å². The number of carbonyl (C=O) groups excluding carboxylic acids is 2. The largest absolute Gasteiger partial charge is 0.486 e. The summed E-state index contributed by atoms with van der Waals surface area (Å²) in [5.74, 6) is 0.324. The number of hydrogen-bond donors (Lipinski definition) is 0. The number of rotatable bonds is 3. The zero-order valence-corrected chi connectivity index (χ0v) is 15.6. The number of fused-ring (bicyclic) bond motifs is 1. The number of halogens is 2. The Bertz CT molecular complexity index is 917. The predicted molar refractivity (Wildman–Crippen MR) is 100.0 cm³/mol. The maximum Gasteiger partial charge on any atom is 0.316 e. The van der Waals surface area contributed by atoms with E-state index in [1.54, 1.807) is 35.2 Å². The standard InChI is InChI=1S/C19H15Cl2NO5/c20-14-3-2-13(9-15(14)21)27-19(24)11-7-18(23)22(10-11)12-1-4-16-17(8-12)26-6-5-25-16/h1-4,8-9,11H,5-7,10H2. The van der Waals surface area contributed by atoms with Gasteiger partial charge in [-0.15, -0.1) is 0 Å². The van der Waals surface area contributed by atoms with Gasteiger partial charge in [-0.1, -0.05) is 23.2 Å². The molecule has 6 nitrogen and oxygen atoms in total. The second-order valence-corrected chi connectivity index (χ2v) is 7.04. The molecule has 0 aromatic heterocycles. The Morgan fingerprint density at radius 2 is 1.81 bits per heavy atom. The van der Waals surface area contributed by atoms with Crippen molar-refractivity contribution in [3.63, 3.8) is 0 Å². The van der Waals surface area contributed by atoms with Gasteiger partial charge in [0.1, 0.15) is 19.0 Å². The lowest BCUT2D eigenvalue weighted by Crippen LogP contribution is -2.27. The van der Waals surface area contributed by atoms with Crippen LogP contribution in [0.25, 0.3) is 0 Å². The fraction of sp³-hybridized carbons (Fsp3) is 0.263. The minimum Gasteiger partial charge on any atom is -0.486 e. The minimum absolute atomic E-state index is 0.0780. The third-order valence-corrected chi connectivity index (χ3v) is 5.14. The minimum atomic E-state index is -0.569. The molecular formula is C19H15Cl2NO5. The van der Waals surface area contributed by atoms with E-state index in [4.69, 9.17) is 37.4 Å². The molecule has 4 rings (SSSR count). The van der Waals surface area contributed by atoms with Gasteiger partial charge in [0.05, 0.1) is 16.0 Å². The SMILES string of the molecule is O=C(Oc1ccc(Cl)c(Cl)c1)C1CC(=O)N(c2ccc3c(c2)OCCO3)C1. The lowest BCUT2D eigenvalue weighted by Gasteiger charge is -2.22. The van der Waals surface area contributed by atoms with Crippen LogP contribution in [-0.2, 0) is 9.59 Å². The van der Waals surface area contributed by atoms with Crippen molar-refractivity contribution in [1.82, 2.24) is 0 Å². The average molecular weight is 408 g/mol. The molecule has 0 N–H and O–H groups in total. The number of carbonyl (C=O) groups is 2. The molecule has 0 saturated carbocycles. The van der Waals surface area contributed by atoms with E-state index in [1.165, 1.54) is 6.07 Å². The zero-order valence-electron chi connectivity index (χ0n) is 14.1. The summed E-state index contributed by atoms with van der Waals surface area (Å²) in [6.07, 6.45) is 0.0780. The Labute approximate surface area is 165 Å². The van der Waals surface area contributed by atoms with Crippen molar-refractivity contribution in [2.45, 2.75) is 6.42 Å². The monoisotopic (exact) mass is 407 g/mol. The normalized spacial score (nSPS) is 18.5. The number of esters is 1. The maximum atomic E-state index is 12.4. The van der Waals surface area contributed by atoms with Crippen molar-refractivity contribution in [1.29, 1.82) is 0 Å². The van der Waals surface area contributed by atoms with Crippen molar-refractivity contribution >= 4 is 40.8 Å². The first kappa shape index (κ1) is 17.9. The summed E-state index contributed by atoms with van der Waals surface area (Å²) in [5.41, 5.74) is 0.661. The molecule has 27 heavy (non-hydrogen) atoms. The van der Waals surface area contributed by atoms with Crippen LogP contribution in [0.1, 0.15) is 6.42 Å². The molecule has 2 aromatic rings. The zero-order chi connectivity index (χ0) is 19.0. The predicted octanol–water partition coefficient (Wildman–Crippen LogP) is 3.72. The van der Waals surface area contributed by atoms with Crippen LogP contribution in [0.5, 0.6) is 17.2 Å². The highest BCUT2D eigenvalue weighted by atomic mass is 35.5. The first-order valence-corrected chi connectivity index (χ1v) is 9.13. The number of hydrogen-bond acceptors (Lipinski definition) is 5. The van der Waals surface area contributed by atoms with E-state index in [0.29, 0.717) is 46.2 Å². The van der Waals surface area contributed by atoms with Crippen LogP contribution in [0.2, 0.25) is 10.0 Å². The first-order valence-electron chi connectivity index (χ1n) is 8.38. The summed E-state index contributed by atoms with van der Waals surface area (Å²) >= 11 is 11.8. The quantitative estimate of drug-likeness (QED) is 0.572. The fourth-order valence-electron chi connectivity index (χ4n) is 3.05. The van der Waals surface area contributed by atoms with Crippen LogP contribution < -0.4 is 19.1 Å². The number of anilines is 1. The summed E-state index contributed by atoms with van der Waals surface area (Å²) in [5, 5.41) is 0.666. The molecule has 2 aromatic carbocycles. The molecule has 1 amide bonds. The van der Waals surface area contributed by atoms with Crippen LogP contribution in [0.15, 0.2) is 36.4 Å². The van der Waals surface area contributed by atoms with Gasteiger partial charge in [-0.2, -0.15) is 0 Å². The summed E-state index contributed by atoms with van der Waals surface area (Å²) < 4.78 is 16.4. The molecule has 0 spiro atoms. The van der Waals surface area contributed by atoms with Gasteiger partial charge < -0.3 is 19.1 Å². The molecule has 0 bridgehead atoms. The van der Waals surface area contributed by atoms with Crippen molar-refractivity contribution in [2.24, 2.45) is 5.92 Å². The second-order valence-electron chi connectivity index (χ2n) is 6.23. The molecule has 1 fully saturated rings. The second kappa shape index (κ2) is 7.29. The van der Waals surface area contributed by atoms with Gasteiger partial charge in [-0.25, -0.2) is 0 Å². The van der Waals surface area contributed by atoms with E-state index in [-0.39, 0.29) is 18.9 Å². The molecule has 0 aliphatic carbocycles. The van der Waals surface area contributed by atoms with Gasteiger partial charge in [0.2, 0.25) is 5.91 Å². The number of amides is 1. The molecule has 2 aliphatic heterocycles. The molecule has 0 radical (unpaired) electrons. The Morgan fingerprint density at radius 1 is 1.04 bits per heavy atom. The van der Waals surface area contributed by atoms with E-state index in [1.807, 2.05) is 0 Å². The van der Waals surface area contributed by atoms with Crippen molar-refractivity contribution in [3.05, 3.63) is 46.4 Å². The Balaban J connectivity index is 1.47. The van der Waals surface area contributed by atoms with Crippen LogP contribution in [-0.4, -0.2) is 31.6 Å². The lowest BCUT2D eigenvalue weighted by molar-refractivity contribution is -0.139. The van der Waals surface area contributed by atoms with Gasteiger partial charge >= 0.3 is 5.97 Å². The average Bonchev–Trinajstić information content (AvgIpc) is 3.06. The van der Waals surface area contributed by atoms with Gasteiger partial charge in [0.25, 0.3) is 0 Å². The van der Waals surface area contributed by atoms with E-state index in [2.05, 4.69) is 0 Å². The number of ether oxygens (including phenoxy) is 3. The number of benzene rings is 2. The van der Waals surface area contributed by atoms with Crippen molar-refractivity contribution in [2.75, 3.05) is 24.7 Å². The summed E-state index contributed by atoms with van der Waals surface area (Å²) in [6.45, 7) is 1.19. The Hall–Kier alpha value is -2.44. The lowest BCUT2D eigenvalue weighted by atomic mass is 10.1. The van der Waals surface area contributed by atoms with E-state index in [0.717, 1.165) is 0 Å². The van der Waals surface area contributed by atoms with Crippen LogP contribution >= 0.6 is 23.2 Å². The summed E-state index contributed by atoms with van der Waals surface area (Å²) in [7, 11) is 0. The van der Waals surface area contributed by atoms with Gasteiger partial charge in [-0.05, 0) is 24.3 Å². The molecule has 1 atom stereocenters. The molecule has 140 valence electrons. The molecular weight excluding hydrogens is 393 g/mol. The smallest absolute Gasteiger partial charge is 0.316 e. The molecule has 1 saturated heterocycles. The van der Waals surface area contributed by atoms with Crippen molar-refractivity contribution < 1.29 is 23.8 Å². The first-order chi connectivity index (χ1) is 13.0. The highest BCUT2D eigenvalue weighted by Gasteiger charge is 2.37. The molecule has 8 heteroatoms. The van der Waals surface area contributed by atoms with E-state index < -0.39 is 11.9 Å². The van der Waals surface area contributed by atoms with E-state index in [9.17, 15) is 9.59 Å². The topological polar surface area (TPSA) is 65.1 Å². The van der Waals surface area contributed by atoms with Crippen LogP contribution in [0, 0.1) is 5.92 Å². The van der Waals surface area contributed by atoms with Crippen molar-refractivity contribution in [3.8, 4) is 17.2 Å². The maximum absolute atomic E-state index is 12.4. The number of nitrogens with zero attached hydrogens (tertiary/aromatic N) is 1. The van der Waals surface area contributed by atoms with E-state index >= 15 is 0 Å². The highest BCUT2D eigenvalue weighted by molar-refractivity contribution is 6.42. The molecule has 2 aliphatic rings. The molecule has 1 unspecified atom stereocenters. The van der Waals surface area contributed by atoms with Gasteiger partial charge in [-0.3, -0.25) is 9.59 Å². The Morgan fingerprint density at radius 3 is 2.59 bits per heavy atom. The van der Waals surface area contributed by atoms with Gasteiger partial charge in [0.15, 0.2) is 11.5 Å².